The number of fused-ring (bicyclic) bond motifs is 1. The van der Waals surface area contributed by atoms with E-state index >= 15 is 0 Å². The normalized spacial score (nSPS) is 19.3. The molecule has 0 saturated carbocycles. The molecule has 0 unspecified atom stereocenters. The van der Waals surface area contributed by atoms with Crippen LogP contribution >= 0.6 is 11.8 Å². The summed E-state index contributed by atoms with van der Waals surface area (Å²) in [5.41, 5.74) is 0.704. The average Bonchev–Trinajstić information content (AvgIpc) is 2.88. The first-order valence-electron chi connectivity index (χ1n) is 9.82. The van der Waals surface area contributed by atoms with Gasteiger partial charge in [-0.3, -0.25) is 4.79 Å². The van der Waals surface area contributed by atoms with E-state index in [1.165, 1.54) is 6.92 Å². The van der Waals surface area contributed by atoms with Crippen LogP contribution in [-0.4, -0.2) is 82.7 Å². The van der Waals surface area contributed by atoms with Gasteiger partial charge in [0.15, 0.2) is 0 Å². The van der Waals surface area contributed by atoms with Gasteiger partial charge in [0.2, 0.25) is 15.9 Å². The zero-order valence-corrected chi connectivity index (χ0v) is 18.3. The number of piperazine rings is 1. The molecule has 0 bridgehead atoms. The number of anilines is 1. The van der Waals surface area contributed by atoms with Crippen LogP contribution in [0.4, 0.5) is 5.69 Å². The van der Waals surface area contributed by atoms with Crippen molar-refractivity contribution in [2.24, 2.45) is 0 Å². The second kappa shape index (κ2) is 9.58. The average molecular weight is 427 g/mol. The fourth-order valence-corrected chi connectivity index (χ4v) is 5.58. The lowest BCUT2D eigenvalue weighted by atomic mass is 10.2. The minimum absolute atomic E-state index is 0.0570. The Hall–Kier alpha value is -1.13. The quantitative estimate of drug-likeness (QED) is 0.694. The summed E-state index contributed by atoms with van der Waals surface area (Å²) in [5, 5.41) is 0. The number of hydrogen-bond acceptors (Lipinski definition) is 6. The fourth-order valence-electron chi connectivity index (χ4n) is 3.51. The van der Waals surface area contributed by atoms with E-state index in [1.54, 1.807) is 28.8 Å². The molecule has 0 atom stereocenters. The van der Waals surface area contributed by atoms with E-state index < -0.39 is 10.0 Å². The van der Waals surface area contributed by atoms with Gasteiger partial charge in [-0.2, -0.15) is 0 Å². The highest BCUT2D eigenvalue weighted by molar-refractivity contribution is 7.99. The van der Waals surface area contributed by atoms with Gasteiger partial charge in [-0.1, -0.05) is 0 Å². The zero-order valence-electron chi connectivity index (χ0n) is 16.7. The summed E-state index contributed by atoms with van der Waals surface area (Å²) in [4.78, 5) is 19.5. The Morgan fingerprint density at radius 1 is 1.18 bits per heavy atom. The molecule has 1 saturated heterocycles. The van der Waals surface area contributed by atoms with Gasteiger partial charge in [-0.15, -0.1) is 11.8 Å². The van der Waals surface area contributed by atoms with Crippen molar-refractivity contribution in [1.29, 1.82) is 0 Å². The van der Waals surface area contributed by atoms with Gasteiger partial charge in [-0.05, 0) is 50.4 Å². The number of carbonyl (C=O) groups is 1. The number of benzene rings is 1. The molecule has 0 radical (unpaired) electrons. The van der Waals surface area contributed by atoms with Gasteiger partial charge >= 0.3 is 0 Å². The highest BCUT2D eigenvalue weighted by Gasteiger charge is 2.23. The number of carbonyl (C=O) groups excluding carboxylic acids is 1. The number of amides is 1. The number of nitrogens with one attached hydrogen (secondary N) is 1. The Morgan fingerprint density at radius 3 is 2.64 bits per heavy atom. The third kappa shape index (κ3) is 5.48. The largest absolute Gasteiger partial charge is 0.311 e. The summed E-state index contributed by atoms with van der Waals surface area (Å²) in [6, 6.07) is 5.09. The van der Waals surface area contributed by atoms with Crippen LogP contribution in [-0.2, 0) is 14.8 Å². The molecule has 2 aliphatic heterocycles. The molecule has 2 aliphatic rings. The van der Waals surface area contributed by atoms with Crippen molar-refractivity contribution in [2.75, 3.05) is 63.5 Å². The van der Waals surface area contributed by atoms with Crippen LogP contribution in [0.5, 0.6) is 0 Å². The first kappa shape index (κ1) is 21.6. The lowest BCUT2D eigenvalue weighted by Gasteiger charge is -2.32. The van der Waals surface area contributed by atoms with E-state index in [-0.39, 0.29) is 10.8 Å². The topological polar surface area (TPSA) is 73.0 Å². The molecule has 156 valence electrons. The SMILES string of the molecule is CC(=O)N1CCCSc2ccc(S(=O)(=O)NCCCN3CCN(C)CC3)cc21. The van der Waals surface area contributed by atoms with Crippen LogP contribution in [0.25, 0.3) is 0 Å². The monoisotopic (exact) mass is 426 g/mol. The number of likely N-dealkylation sites (N-methyl/N-ethyl adjacent to an activating group) is 1. The first-order chi connectivity index (χ1) is 13.4. The van der Waals surface area contributed by atoms with Crippen LogP contribution in [0.2, 0.25) is 0 Å². The van der Waals surface area contributed by atoms with Gasteiger partial charge in [0.25, 0.3) is 0 Å². The summed E-state index contributed by atoms with van der Waals surface area (Å²) in [5.74, 6) is 0.867. The first-order valence-corrected chi connectivity index (χ1v) is 12.3. The van der Waals surface area contributed by atoms with E-state index in [4.69, 9.17) is 0 Å². The van der Waals surface area contributed by atoms with Crippen molar-refractivity contribution in [3.63, 3.8) is 0 Å². The Balaban J connectivity index is 1.61. The Morgan fingerprint density at radius 2 is 1.93 bits per heavy atom. The molecule has 1 N–H and O–H groups in total. The Kier molecular flexibility index (Phi) is 7.38. The summed E-state index contributed by atoms with van der Waals surface area (Å²) in [6.07, 6.45) is 1.68. The molecule has 2 heterocycles. The number of nitrogens with zero attached hydrogens (tertiary/aromatic N) is 3. The van der Waals surface area contributed by atoms with Crippen LogP contribution in [0, 0.1) is 0 Å². The van der Waals surface area contributed by atoms with E-state index in [0.717, 1.165) is 56.2 Å². The van der Waals surface area contributed by atoms with Crippen LogP contribution in [0.1, 0.15) is 19.8 Å². The van der Waals surface area contributed by atoms with Gasteiger partial charge < -0.3 is 14.7 Å². The molecule has 28 heavy (non-hydrogen) atoms. The minimum atomic E-state index is -3.59. The smallest absolute Gasteiger partial charge is 0.240 e. The molecule has 1 aromatic rings. The molecule has 1 aromatic carbocycles. The molecule has 0 spiro atoms. The van der Waals surface area contributed by atoms with E-state index in [2.05, 4.69) is 21.6 Å². The van der Waals surface area contributed by atoms with Crippen molar-refractivity contribution in [3.8, 4) is 0 Å². The van der Waals surface area contributed by atoms with Crippen molar-refractivity contribution in [2.45, 2.75) is 29.6 Å². The molecular formula is C19H30N4O3S2. The molecule has 1 fully saturated rings. The zero-order chi connectivity index (χ0) is 20.1. The molecule has 9 heteroatoms. The van der Waals surface area contributed by atoms with Crippen LogP contribution in [0.15, 0.2) is 28.0 Å². The van der Waals surface area contributed by atoms with E-state index in [0.29, 0.717) is 18.8 Å². The maximum absolute atomic E-state index is 12.7. The second-order valence-electron chi connectivity index (χ2n) is 7.40. The molecule has 1 amide bonds. The second-order valence-corrected chi connectivity index (χ2v) is 10.3. The van der Waals surface area contributed by atoms with Crippen molar-refractivity contribution in [3.05, 3.63) is 18.2 Å². The predicted octanol–water partition coefficient (Wildman–Crippen LogP) is 1.45. The maximum Gasteiger partial charge on any atom is 0.240 e. The summed E-state index contributed by atoms with van der Waals surface area (Å²) >= 11 is 1.67. The summed E-state index contributed by atoms with van der Waals surface area (Å²) < 4.78 is 28.2. The third-order valence-corrected chi connectivity index (χ3v) is 7.84. The minimum Gasteiger partial charge on any atom is -0.311 e. The Bertz CT molecular complexity index is 792. The van der Waals surface area contributed by atoms with Crippen molar-refractivity contribution in [1.82, 2.24) is 14.5 Å². The van der Waals surface area contributed by atoms with Gasteiger partial charge in [0, 0.05) is 51.1 Å². The molecular weight excluding hydrogens is 396 g/mol. The van der Waals surface area contributed by atoms with Crippen LogP contribution in [0.3, 0.4) is 0 Å². The van der Waals surface area contributed by atoms with E-state index in [1.807, 2.05) is 6.07 Å². The Labute approximate surface area is 172 Å². The number of hydrogen-bond donors (Lipinski definition) is 1. The predicted molar refractivity (Wildman–Crippen MR) is 114 cm³/mol. The standard InChI is InChI=1S/C19H30N4O3S2/c1-16(24)23-9-4-14-27-19-6-5-17(15-18(19)23)28(25,26)20-7-3-8-22-12-10-21(2)11-13-22/h5-6,15,20H,3-4,7-14H2,1-2H3. The summed E-state index contributed by atoms with van der Waals surface area (Å²) in [6.45, 7) is 7.65. The molecule has 0 aliphatic carbocycles. The van der Waals surface area contributed by atoms with Gasteiger partial charge in [0.05, 0.1) is 10.6 Å². The van der Waals surface area contributed by atoms with Crippen molar-refractivity contribution < 1.29 is 13.2 Å². The highest BCUT2D eigenvalue weighted by Crippen LogP contribution is 2.35. The fraction of sp³-hybridized carbons (Fsp3) is 0.632. The van der Waals surface area contributed by atoms with E-state index in [9.17, 15) is 13.2 Å². The lowest BCUT2D eigenvalue weighted by Crippen LogP contribution is -2.45. The van der Waals surface area contributed by atoms with Gasteiger partial charge in [-0.25, -0.2) is 13.1 Å². The number of thioether (sulfide) groups is 1. The summed E-state index contributed by atoms with van der Waals surface area (Å²) in [7, 11) is -1.47. The third-order valence-electron chi connectivity index (χ3n) is 5.23. The molecule has 3 rings (SSSR count). The van der Waals surface area contributed by atoms with Gasteiger partial charge in [0.1, 0.15) is 0 Å². The number of rotatable bonds is 6. The number of sulfonamides is 1. The molecule has 0 aromatic heterocycles. The van der Waals surface area contributed by atoms with Crippen molar-refractivity contribution >= 4 is 33.4 Å². The lowest BCUT2D eigenvalue weighted by molar-refractivity contribution is -0.116. The highest BCUT2D eigenvalue weighted by atomic mass is 32.2. The molecule has 7 nitrogen and oxygen atoms in total. The maximum atomic E-state index is 12.7. The van der Waals surface area contributed by atoms with Crippen LogP contribution < -0.4 is 9.62 Å².